The fourth-order valence-electron chi connectivity index (χ4n) is 4.59. The fourth-order valence-corrected chi connectivity index (χ4v) is 5.34. The van der Waals surface area contributed by atoms with Crippen LogP contribution in [-0.2, 0) is 30.7 Å². The van der Waals surface area contributed by atoms with E-state index in [1.54, 1.807) is 11.3 Å². The van der Waals surface area contributed by atoms with Gasteiger partial charge in [-0.15, -0.1) is 17.9 Å². The number of carbonyl (C=O) groups excluding carboxylic acids is 1. The molecule has 1 fully saturated rings. The predicted molar refractivity (Wildman–Crippen MR) is 129 cm³/mol. The third-order valence-corrected chi connectivity index (χ3v) is 7.16. The minimum Gasteiger partial charge on any atom is -0.378 e. The van der Waals surface area contributed by atoms with E-state index < -0.39 is 0 Å². The number of hydrogen-bond donors (Lipinski definition) is 1. The molecular weight excluding hydrogens is 434 g/mol. The van der Waals surface area contributed by atoms with Gasteiger partial charge in [0.05, 0.1) is 25.5 Å². The number of benzene rings is 1. The van der Waals surface area contributed by atoms with Crippen LogP contribution >= 0.6 is 11.3 Å². The second kappa shape index (κ2) is 9.99. The van der Waals surface area contributed by atoms with E-state index in [1.165, 1.54) is 5.69 Å². The molecule has 1 aliphatic carbocycles. The van der Waals surface area contributed by atoms with Gasteiger partial charge in [0, 0.05) is 47.9 Å². The molecular formula is C25H29N5O2S. The molecule has 3 heterocycles. The molecule has 33 heavy (non-hydrogen) atoms. The molecule has 2 aromatic heterocycles. The van der Waals surface area contributed by atoms with Gasteiger partial charge >= 0.3 is 0 Å². The van der Waals surface area contributed by atoms with Crippen LogP contribution in [0.3, 0.4) is 0 Å². The number of amides is 1. The molecule has 1 N–H and O–H groups in total. The van der Waals surface area contributed by atoms with Crippen molar-refractivity contribution in [3.05, 3.63) is 70.3 Å². The number of ether oxygens (including phenoxy) is 1. The zero-order valence-electron chi connectivity index (χ0n) is 18.7. The predicted octanol–water partition coefficient (Wildman–Crippen LogP) is 3.31. The van der Waals surface area contributed by atoms with Crippen molar-refractivity contribution < 1.29 is 9.53 Å². The highest BCUT2D eigenvalue weighted by Gasteiger charge is 2.31. The Balaban J connectivity index is 1.29. The van der Waals surface area contributed by atoms with Crippen LogP contribution in [0.4, 0.5) is 0 Å². The third-order valence-electron chi connectivity index (χ3n) is 6.31. The molecule has 8 heteroatoms. The maximum Gasteiger partial charge on any atom is 0.274 e. The van der Waals surface area contributed by atoms with Crippen molar-refractivity contribution in [2.24, 2.45) is 0 Å². The van der Waals surface area contributed by atoms with Gasteiger partial charge in [0.2, 0.25) is 0 Å². The van der Waals surface area contributed by atoms with E-state index in [4.69, 9.17) is 14.8 Å². The first kappa shape index (κ1) is 22.0. The third kappa shape index (κ3) is 4.78. The Hall–Kier alpha value is -2.81. The van der Waals surface area contributed by atoms with Crippen LogP contribution in [0.1, 0.15) is 33.2 Å². The maximum atomic E-state index is 13.3. The molecule has 1 unspecified atom stereocenters. The van der Waals surface area contributed by atoms with Gasteiger partial charge in [0.1, 0.15) is 5.01 Å². The minimum atomic E-state index is 0.0189. The van der Waals surface area contributed by atoms with Gasteiger partial charge in [-0.2, -0.15) is 5.10 Å². The number of morpholine rings is 1. The normalized spacial score (nSPS) is 18.2. The van der Waals surface area contributed by atoms with Crippen LogP contribution in [0.2, 0.25) is 0 Å². The first-order chi connectivity index (χ1) is 16.2. The number of thiazole rings is 1. The Morgan fingerprint density at radius 2 is 2.09 bits per heavy atom. The van der Waals surface area contributed by atoms with E-state index in [0.29, 0.717) is 44.6 Å². The summed E-state index contributed by atoms with van der Waals surface area (Å²) in [4.78, 5) is 19.9. The molecule has 172 valence electrons. The van der Waals surface area contributed by atoms with Gasteiger partial charge in [-0.25, -0.2) is 4.98 Å². The molecule has 1 aromatic carbocycles. The summed E-state index contributed by atoms with van der Waals surface area (Å²) in [6.45, 7) is 7.63. The molecule has 0 radical (unpaired) electrons. The second-order valence-electron chi connectivity index (χ2n) is 8.46. The SMILES string of the molecule is C=CCn1nc(C(=O)N2CCOCC2)c2c1CCC(NCc1nc(-c3ccccc3)cs1)C2. The topological polar surface area (TPSA) is 72.3 Å². The highest BCUT2D eigenvalue weighted by molar-refractivity contribution is 7.09. The summed E-state index contributed by atoms with van der Waals surface area (Å²) in [6.07, 6.45) is 4.55. The van der Waals surface area contributed by atoms with Gasteiger partial charge in [-0.05, 0) is 19.3 Å². The lowest BCUT2D eigenvalue weighted by Crippen LogP contribution is -2.41. The molecule has 1 atom stereocenters. The largest absolute Gasteiger partial charge is 0.378 e. The number of carbonyl (C=O) groups is 1. The Bertz CT molecular complexity index is 1120. The monoisotopic (exact) mass is 463 g/mol. The average Bonchev–Trinajstić information content (AvgIpc) is 3.49. The number of rotatable bonds is 7. The van der Waals surface area contributed by atoms with E-state index in [1.807, 2.05) is 33.9 Å². The first-order valence-corrected chi connectivity index (χ1v) is 12.4. The van der Waals surface area contributed by atoms with Crippen molar-refractivity contribution in [2.75, 3.05) is 26.3 Å². The smallest absolute Gasteiger partial charge is 0.274 e. The molecule has 5 rings (SSSR count). The van der Waals surface area contributed by atoms with Crippen molar-refractivity contribution in [1.82, 2.24) is 25.0 Å². The maximum absolute atomic E-state index is 13.3. The Morgan fingerprint density at radius 3 is 2.88 bits per heavy atom. The average molecular weight is 464 g/mol. The minimum absolute atomic E-state index is 0.0189. The van der Waals surface area contributed by atoms with Crippen molar-refractivity contribution in [2.45, 2.75) is 38.4 Å². The summed E-state index contributed by atoms with van der Waals surface area (Å²) in [5.41, 5.74) is 5.02. The molecule has 2 aliphatic rings. The molecule has 7 nitrogen and oxygen atoms in total. The van der Waals surface area contributed by atoms with Crippen LogP contribution in [0, 0.1) is 0 Å². The van der Waals surface area contributed by atoms with Crippen LogP contribution in [0.25, 0.3) is 11.3 Å². The van der Waals surface area contributed by atoms with E-state index >= 15 is 0 Å². The number of allylic oxidation sites excluding steroid dienone is 1. The quantitative estimate of drug-likeness (QED) is 0.545. The standard InChI is InChI=1S/C25H29N5O2S/c1-2-10-30-22-9-8-19(15-20(22)24(28-30)25(31)29-11-13-32-14-12-29)26-16-23-27-21(17-33-23)18-6-4-3-5-7-18/h2-7,17,19,26H,1,8-16H2. The summed E-state index contributed by atoms with van der Waals surface area (Å²) in [6, 6.07) is 10.6. The number of nitrogens with zero attached hydrogens (tertiary/aromatic N) is 4. The van der Waals surface area contributed by atoms with Crippen LogP contribution in [0.5, 0.6) is 0 Å². The summed E-state index contributed by atoms with van der Waals surface area (Å²) < 4.78 is 7.37. The zero-order valence-corrected chi connectivity index (χ0v) is 19.5. The number of hydrogen-bond acceptors (Lipinski definition) is 6. The van der Waals surface area contributed by atoms with Crippen molar-refractivity contribution in [3.8, 4) is 11.3 Å². The van der Waals surface area contributed by atoms with E-state index in [-0.39, 0.29) is 5.91 Å². The highest BCUT2D eigenvalue weighted by atomic mass is 32.1. The summed E-state index contributed by atoms with van der Waals surface area (Å²) >= 11 is 1.68. The van der Waals surface area contributed by atoms with Gasteiger partial charge in [-0.3, -0.25) is 9.48 Å². The summed E-state index contributed by atoms with van der Waals surface area (Å²) in [5.74, 6) is 0.0189. The molecule has 0 bridgehead atoms. The second-order valence-corrected chi connectivity index (χ2v) is 9.40. The molecule has 1 saturated heterocycles. The molecule has 1 amide bonds. The summed E-state index contributed by atoms with van der Waals surface area (Å²) in [5, 5.41) is 11.6. The van der Waals surface area contributed by atoms with Crippen LogP contribution in [0.15, 0.2) is 48.4 Å². The lowest BCUT2D eigenvalue weighted by atomic mass is 9.91. The van der Waals surface area contributed by atoms with Crippen LogP contribution in [-0.4, -0.2) is 57.9 Å². The lowest BCUT2D eigenvalue weighted by molar-refractivity contribution is 0.0297. The number of fused-ring (bicyclic) bond motifs is 1. The highest BCUT2D eigenvalue weighted by Crippen LogP contribution is 2.27. The van der Waals surface area contributed by atoms with Crippen LogP contribution < -0.4 is 5.32 Å². The van der Waals surface area contributed by atoms with Crippen molar-refractivity contribution in [3.63, 3.8) is 0 Å². The van der Waals surface area contributed by atoms with E-state index in [9.17, 15) is 4.79 Å². The van der Waals surface area contributed by atoms with Gasteiger partial charge in [-0.1, -0.05) is 36.4 Å². The van der Waals surface area contributed by atoms with Gasteiger partial charge in [0.15, 0.2) is 5.69 Å². The number of aromatic nitrogens is 3. The van der Waals surface area contributed by atoms with Crippen molar-refractivity contribution in [1.29, 1.82) is 0 Å². The van der Waals surface area contributed by atoms with E-state index in [0.717, 1.165) is 47.6 Å². The number of nitrogens with one attached hydrogen (secondary N) is 1. The molecule has 0 saturated carbocycles. The van der Waals surface area contributed by atoms with Crippen molar-refractivity contribution >= 4 is 17.2 Å². The Labute approximate surface area is 198 Å². The molecule has 1 aliphatic heterocycles. The van der Waals surface area contributed by atoms with Gasteiger partial charge in [0.25, 0.3) is 5.91 Å². The molecule has 0 spiro atoms. The fraction of sp³-hybridized carbons (Fsp3) is 0.400. The first-order valence-electron chi connectivity index (χ1n) is 11.5. The summed E-state index contributed by atoms with van der Waals surface area (Å²) in [7, 11) is 0. The van der Waals surface area contributed by atoms with Gasteiger partial charge < -0.3 is 15.0 Å². The Morgan fingerprint density at radius 1 is 1.27 bits per heavy atom. The molecule has 3 aromatic rings. The lowest BCUT2D eigenvalue weighted by Gasteiger charge is -2.27. The Kier molecular flexibility index (Phi) is 6.66. The van der Waals surface area contributed by atoms with E-state index in [2.05, 4.69) is 29.4 Å². The zero-order chi connectivity index (χ0) is 22.6.